The summed E-state index contributed by atoms with van der Waals surface area (Å²) in [5.41, 5.74) is 9.19. The Balaban J connectivity index is 1.38. The number of fused-ring (bicyclic) bond motifs is 8. The molecule has 0 spiro atoms. The van der Waals surface area contributed by atoms with E-state index in [9.17, 15) is 0 Å². The Morgan fingerprint density at radius 2 is 0.840 bits per heavy atom. The summed E-state index contributed by atoms with van der Waals surface area (Å²) < 4.78 is 8.34. The van der Waals surface area contributed by atoms with Crippen LogP contribution in [-0.4, -0.2) is 0 Å². The van der Waals surface area contributed by atoms with Gasteiger partial charge < -0.3 is 4.42 Å². The molecule has 2 heteroatoms. The largest absolute Gasteiger partial charge is 0.455 e. The molecule has 0 radical (unpaired) electrons. The van der Waals surface area contributed by atoms with Gasteiger partial charge in [0.05, 0.1) is 0 Å². The van der Waals surface area contributed by atoms with Gasteiger partial charge in [-0.2, -0.15) is 0 Å². The third-order valence-corrected chi connectivity index (χ3v) is 11.5. The Bertz CT molecular complexity index is 3100. The van der Waals surface area contributed by atoms with Crippen molar-refractivity contribution < 1.29 is 4.42 Å². The fraction of sp³-hybridized carbons (Fsp3) is 0. The molecule has 0 bridgehead atoms. The van der Waals surface area contributed by atoms with Crippen LogP contribution in [-0.2, 0) is 0 Å². The van der Waals surface area contributed by atoms with Gasteiger partial charge in [-0.15, -0.1) is 11.3 Å². The van der Waals surface area contributed by atoms with Crippen molar-refractivity contribution >= 4 is 86.5 Å². The number of rotatable bonds is 3. The Morgan fingerprint density at radius 3 is 1.54 bits per heavy atom. The fourth-order valence-corrected chi connectivity index (χ4v) is 9.41. The second kappa shape index (κ2) is 10.6. The number of thiophene rings is 1. The van der Waals surface area contributed by atoms with Crippen molar-refractivity contribution in [3.8, 4) is 33.4 Å². The van der Waals surface area contributed by atoms with Gasteiger partial charge >= 0.3 is 0 Å². The van der Waals surface area contributed by atoms with Gasteiger partial charge in [0.2, 0.25) is 0 Å². The average Bonchev–Trinajstić information content (AvgIpc) is 3.82. The molecule has 1 nitrogen and oxygen atoms in total. The number of benzene rings is 9. The average molecular weight is 653 g/mol. The Kier molecular flexibility index (Phi) is 5.89. The standard InChI is InChI=1S/C48H28OS/c1-2-16-31-29(13-1)14-11-24-32(31)44-37-21-7-8-22-38(37)45(46-39-23-9-10-26-41(39)49-47(44)46)43-35-19-5-3-17-33(35)42(34-18-4-6-20-36(34)43)40-25-12-15-30-27-28-50-48(30)40/h1-28H. The zero-order chi connectivity index (χ0) is 32.8. The van der Waals surface area contributed by atoms with Crippen molar-refractivity contribution in [1.29, 1.82) is 0 Å². The second-order valence-electron chi connectivity index (χ2n) is 13.1. The van der Waals surface area contributed by atoms with Gasteiger partial charge in [-0.1, -0.05) is 152 Å². The van der Waals surface area contributed by atoms with Crippen LogP contribution in [0.1, 0.15) is 0 Å². The summed E-state index contributed by atoms with van der Waals surface area (Å²) in [7, 11) is 0. The van der Waals surface area contributed by atoms with Crippen LogP contribution in [0.15, 0.2) is 174 Å². The molecule has 11 aromatic rings. The molecular weight excluding hydrogens is 625 g/mol. The SMILES string of the molecule is c1ccc2c(-c3c4ccccc4c(-c4c5ccccc5c(-c5cccc6ccsc56)c5ccccc45)c4c3oc3ccccc34)cccc2c1. The molecule has 0 fully saturated rings. The predicted octanol–water partition coefficient (Wildman–Crippen LogP) is 14.4. The van der Waals surface area contributed by atoms with E-state index < -0.39 is 0 Å². The molecule has 0 aliphatic heterocycles. The molecule has 0 amide bonds. The van der Waals surface area contributed by atoms with Crippen LogP contribution >= 0.6 is 11.3 Å². The molecule has 2 aromatic heterocycles. The molecule has 11 rings (SSSR count). The molecule has 0 aliphatic carbocycles. The number of furan rings is 1. The van der Waals surface area contributed by atoms with E-state index in [1.54, 1.807) is 0 Å². The third kappa shape index (κ3) is 3.82. The molecule has 0 N–H and O–H groups in total. The van der Waals surface area contributed by atoms with Crippen molar-refractivity contribution in [1.82, 2.24) is 0 Å². The summed E-state index contributed by atoms with van der Waals surface area (Å²) in [6.45, 7) is 0. The lowest BCUT2D eigenvalue weighted by atomic mass is 9.81. The highest BCUT2D eigenvalue weighted by Gasteiger charge is 2.26. The van der Waals surface area contributed by atoms with Gasteiger partial charge in [0.25, 0.3) is 0 Å². The van der Waals surface area contributed by atoms with Crippen LogP contribution in [0.5, 0.6) is 0 Å². The topological polar surface area (TPSA) is 13.1 Å². The molecule has 50 heavy (non-hydrogen) atoms. The number of hydrogen-bond acceptors (Lipinski definition) is 2. The van der Waals surface area contributed by atoms with Crippen LogP contribution < -0.4 is 0 Å². The normalized spacial score (nSPS) is 12.0. The highest BCUT2D eigenvalue weighted by atomic mass is 32.1. The Labute approximate surface area is 292 Å². The maximum atomic E-state index is 7.02. The molecule has 0 unspecified atom stereocenters. The van der Waals surface area contributed by atoms with Crippen molar-refractivity contribution in [3.05, 3.63) is 169 Å². The lowest BCUT2D eigenvalue weighted by molar-refractivity contribution is 0.670. The van der Waals surface area contributed by atoms with Crippen LogP contribution in [0.3, 0.4) is 0 Å². The van der Waals surface area contributed by atoms with Crippen molar-refractivity contribution in [2.24, 2.45) is 0 Å². The van der Waals surface area contributed by atoms with E-state index >= 15 is 0 Å². The molecular formula is C48H28OS. The van der Waals surface area contributed by atoms with Gasteiger partial charge in [0.15, 0.2) is 0 Å². The van der Waals surface area contributed by atoms with Gasteiger partial charge in [0.1, 0.15) is 11.2 Å². The molecule has 232 valence electrons. The maximum Gasteiger partial charge on any atom is 0.144 e. The van der Waals surface area contributed by atoms with E-state index in [0.717, 1.165) is 27.5 Å². The smallest absolute Gasteiger partial charge is 0.144 e. The highest BCUT2D eigenvalue weighted by molar-refractivity contribution is 7.17. The van der Waals surface area contributed by atoms with Crippen molar-refractivity contribution in [2.45, 2.75) is 0 Å². The molecule has 9 aromatic carbocycles. The van der Waals surface area contributed by atoms with E-state index in [4.69, 9.17) is 4.42 Å². The predicted molar refractivity (Wildman–Crippen MR) is 215 cm³/mol. The summed E-state index contributed by atoms with van der Waals surface area (Å²) in [6.07, 6.45) is 0. The molecule has 2 heterocycles. The fourth-order valence-electron chi connectivity index (χ4n) is 8.49. The maximum absolute atomic E-state index is 7.02. The minimum atomic E-state index is 0.898. The van der Waals surface area contributed by atoms with Crippen molar-refractivity contribution in [2.75, 3.05) is 0 Å². The first-order valence-electron chi connectivity index (χ1n) is 17.1. The molecule has 0 aliphatic rings. The van der Waals surface area contributed by atoms with Crippen LogP contribution in [0.4, 0.5) is 0 Å². The first-order chi connectivity index (χ1) is 24.8. The Morgan fingerprint density at radius 1 is 0.340 bits per heavy atom. The Hall–Kier alpha value is -6.22. The second-order valence-corrected chi connectivity index (χ2v) is 14.0. The summed E-state index contributed by atoms with van der Waals surface area (Å²) in [5.74, 6) is 0. The number of hydrogen-bond donors (Lipinski definition) is 0. The van der Waals surface area contributed by atoms with E-state index in [1.807, 2.05) is 11.3 Å². The minimum absolute atomic E-state index is 0.898. The van der Waals surface area contributed by atoms with Crippen LogP contribution in [0, 0.1) is 0 Å². The quantitative estimate of drug-likeness (QED) is 0.173. The molecule has 0 saturated heterocycles. The van der Waals surface area contributed by atoms with Crippen LogP contribution in [0.2, 0.25) is 0 Å². The lowest BCUT2D eigenvalue weighted by Gasteiger charge is -2.21. The zero-order valence-corrected chi connectivity index (χ0v) is 27.8. The monoisotopic (exact) mass is 652 g/mol. The number of para-hydroxylation sites is 1. The zero-order valence-electron chi connectivity index (χ0n) is 27.0. The van der Waals surface area contributed by atoms with Gasteiger partial charge in [-0.3, -0.25) is 0 Å². The van der Waals surface area contributed by atoms with Gasteiger partial charge in [-0.25, -0.2) is 0 Å². The lowest BCUT2D eigenvalue weighted by Crippen LogP contribution is -1.94. The van der Waals surface area contributed by atoms with E-state index in [0.29, 0.717) is 0 Å². The van der Waals surface area contributed by atoms with Gasteiger partial charge in [0, 0.05) is 32.2 Å². The first-order valence-corrected chi connectivity index (χ1v) is 18.0. The molecule has 0 atom stereocenters. The van der Waals surface area contributed by atoms with E-state index in [2.05, 4.69) is 169 Å². The molecule has 0 saturated carbocycles. The third-order valence-electron chi connectivity index (χ3n) is 10.5. The summed E-state index contributed by atoms with van der Waals surface area (Å²) in [6, 6.07) is 59.7. The van der Waals surface area contributed by atoms with Crippen LogP contribution in [0.25, 0.3) is 108 Å². The highest BCUT2D eigenvalue weighted by Crippen LogP contribution is 2.53. The van der Waals surface area contributed by atoms with E-state index in [-0.39, 0.29) is 0 Å². The first kappa shape index (κ1) is 27.7. The summed E-state index contributed by atoms with van der Waals surface area (Å²) >= 11 is 1.82. The van der Waals surface area contributed by atoms with E-state index in [1.165, 1.54) is 81.0 Å². The van der Waals surface area contributed by atoms with Gasteiger partial charge in [-0.05, 0) is 82.7 Å². The minimum Gasteiger partial charge on any atom is -0.455 e. The summed E-state index contributed by atoms with van der Waals surface area (Å²) in [5, 5.41) is 15.6. The summed E-state index contributed by atoms with van der Waals surface area (Å²) in [4.78, 5) is 0. The van der Waals surface area contributed by atoms with Crippen molar-refractivity contribution in [3.63, 3.8) is 0 Å².